The van der Waals surface area contributed by atoms with E-state index in [-0.39, 0.29) is 12.5 Å². The number of carbonyl (C=O) groups excluding carboxylic acids is 1. The first-order valence-corrected chi connectivity index (χ1v) is 5.34. The van der Waals surface area contributed by atoms with Crippen LogP contribution >= 0.6 is 0 Å². The molecule has 0 aliphatic carbocycles. The van der Waals surface area contributed by atoms with E-state index in [1.807, 2.05) is 18.2 Å². The number of ether oxygens (including phenoxy) is 1. The van der Waals surface area contributed by atoms with Gasteiger partial charge < -0.3 is 10.1 Å². The third-order valence-electron chi connectivity index (χ3n) is 2.26. The molecule has 2 aromatic rings. The topological polar surface area (TPSA) is 77.0 Å². The molecule has 6 heteroatoms. The summed E-state index contributed by atoms with van der Waals surface area (Å²) in [6, 6.07) is 7.29. The number of esters is 1. The lowest BCUT2D eigenvalue weighted by molar-refractivity contribution is -0.138. The van der Waals surface area contributed by atoms with Crippen molar-refractivity contribution in [2.45, 2.75) is 0 Å². The number of rotatable bonds is 4. The van der Waals surface area contributed by atoms with E-state index < -0.39 is 0 Å². The van der Waals surface area contributed by atoms with Gasteiger partial charge in [0, 0.05) is 18.0 Å². The van der Waals surface area contributed by atoms with E-state index in [9.17, 15) is 4.79 Å². The van der Waals surface area contributed by atoms with Crippen LogP contribution in [0.3, 0.4) is 0 Å². The highest BCUT2D eigenvalue weighted by Gasteiger charge is 2.03. The number of nitrogens with one attached hydrogen (secondary N) is 1. The van der Waals surface area contributed by atoms with Crippen LogP contribution in [0, 0.1) is 0 Å². The molecule has 0 aromatic carbocycles. The average Bonchev–Trinajstić information content (AvgIpc) is 2.46. The zero-order valence-electron chi connectivity index (χ0n) is 9.83. The van der Waals surface area contributed by atoms with E-state index in [0.717, 1.165) is 11.3 Å². The van der Waals surface area contributed by atoms with Gasteiger partial charge in [0.15, 0.2) is 0 Å². The third kappa shape index (κ3) is 3.00. The Kier molecular flexibility index (Phi) is 3.80. The quantitative estimate of drug-likeness (QED) is 0.812. The number of methoxy groups -OCH3 is 1. The molecule has 2 aromatic heterocycles. The normalized spacial score (nSPS) is 9.83. The number of nitrogens with zero attached hydrogens (tertiary/aromatic N) is 3. The first-order valence-electron chi connectivity index (χ1n) is 5.34. The van der Waals surface area contributed by atoms with Crippen molar-refractivity contribution < 1.29 is 9.53 Å². The summed E-state index contributed by atoms with van der Waals surface area (Å²) < 4.78 is 4.51. The van der Waals surface area contributed by atoms with E-state index in [4.69, 9.17) is 0 Å². The van der Waals surface area contributed by atoms with Crippen molar-refractivity contribution >= 4 is 11.8 Å². The van der Waals surface area contributed by atoms with Crippen LogP contribution in [0.25, 0.3) is 11.3 Å². The number of hydrogen-bond donors (Lipinski definition) is 1. The largest absolute Gasteiger partial charge is 0.468 e. The lowest BCUT2D eigenvalue weighted by Gasteiger charge is -2.04. The molecule has 0 atom stereocenters. The van der Waals surface area contributed by atoms with Crippen LogP contribution in [0.1, 0.15) is 0 Å². The molecule has 0 radical (unpaired) electrons. The van der Waals surface area contributed by atoms with Crippen molar-refractivity contribution in [3.05, 3.63) is 36.7 Å². The van der Waals surface area contributed by atoms with Crippen LogP contribution < -0.4 is 5.32 Å². The molecule has 2 rings (SSSR count). The molecule has 0 amide bonds. The summed E-state index contributed by atoms with van der Waals surface area (Å²) in [5.74, 6) is 0.168. The summed E-state index contributed by atoms with van der Waals surface area (Å²) in [6.07, 6.45) is 3.41. The van der Waals surface area contributed by atoms with E-state index >= 15 is 0 Å². The fourth-order valence-corrected chi connectivity index (χ4v) is 1.33. The number of anilines is 1. The van der Waals surface area contributed by atoms with Crippen molar-refractivity contribution in [3.63, 3.8) is 0 Å². The molecule has 0 aliphatic heterocycles. The Hall–Kier alpha value is -2.50. The van der Waals surface area contributed by atoms with Crippen LogP contribution in [0.5, 0.6) is 0 Å². The molecule has 1 N–H and O–H groups in total. The summed E-state index contributed by atoms with van der Waals surface area (Å²) >= 11 is 0. The Morgan fingerprint density at radius 3 is 2.83 bits per heavy atom. The van der Waals surface area contributed by atoms with E-state index in [0.29, 0.717) is 5.82 Å². The Morgan fingerprint density at radius 1 is 1.33 bits per heavy atom. The molecular formula is C12H12N4O2. The number of carbonyl (C=O) groups is 1. The molecule has 0 fully saturated rings. The summed E-state index contributed by atoms with van der Waals surface area (Å²) in [4.78, 5) is 14.9. The Balaban J connectivity index is 2.04. The van der Waals surface area contributed by atoms with Crippen LogP contribution in [0.2, 0.25) is 0 Å². The lowest BCUT2D eigenvalue weighted by Crippen LogP contribution is -2.15. The first-order chi connectivity index (χ1) is 8.79. The minimum atomic E-state index is -0.354. The maximum Gasteiger partial charge on any atom is 0.325 e. The second-order valence-corrected chi connectivity index (χ2v) is 3.48. The molecule has 0 saturated heterocycles. The van der Waals surface area contributed by atoms with Gasteiger partial charge in [0.1, 0.15) is 12.4 Å². The van der Waals surface area contributed by atoms with Crippen LogP contribution in [-0.4, -0.2) is 34.8 Å². The predicted molar refractivity (Wildman–Crippen MR) is 65.8 cm³/mol. The second-order valence-electron chi connectivity index (χ2n) is 3.48. The van der Waals surface area contributed by atoms with Crippen LogP contribution in [0.4, 0.5) is 5.82 Å². The number of hydrogen-bond acceptors (Lipinski definition) is 6. The Labute approximate surface area is 104 Å². The standard InChI is InChI=1S/C12H12N4O2/c1-18-12(17)8-14-11-5-4-10(15-16-11)9-3-2-6-13-7-9/h2-7H,8H2,1H3,(H,14,16). The van der Waals surface area contributed by atoms with E-state index in [1.165, 1.54) is 7.11 Å². The van der Waals surface area contributed by atoms with Gasteiger partial charge in [-0.3, -0.25) is 9.78 Å². The zero-order valence-corrected chi connectivity index (χ0v) is 9.83. The van der Waals surface area contributed by atoms with Crippen LogP contribution in [-0.2, 0) is 9.53 Å². The Bertz CT molecular complexity index is 513. The lowest BCUT2D eigenvalue weighted by atomic mass is 10.2. The number of aromatic nitrogens is 3. The van der Waals surface area contributed by atoms with Gasteiger partial charge in [-0.05, 0) is 24.3 Å². The molecule has 0 spiro atoms. The smallest absolute Gasteiger partial charge is 0.325 e. The van der Waals surface area contributed by atoms with Gasteiger partial charge in [-0.1, -0.05) is 0 Å². The molecule has 92 valence electrons. The molecule has 18 heavy (non-hydrogen) atoms. The molecule has 6 nitrogen and oxygen atoms in total. The van der Waals surface area contributed by atoms with Crippen molar-refractivity contribution in [1.82, 2.24) is 15.2 Å². The van der Waals surface area contributed by atoms with Gasteiger partial charge in [-0.25, -0.2) is 0 Å². The highest BCUT2D eigenvalue weighted by Crippen LogP contribution is 2.14. The first kappa shape index (κ1) is 12.0. The van der Waals surface area contributed by atoms with E-state index in [2.05, 4.69) is 25.2 Å². The van der Waals surface area contributed by atoms with Crippen LogP contribution in [0.15, 0.2) is 36.7 Å². The molecule has 2 heterocycles. The molecule has 0 unspecified atom stereocenters. The second kappa shape index (κ2) is 5.72. The Morgan fingerprint density at radius 2 is 2.22 bits per heavy atom. The van der Waals surface area contributed by atoms with E-state index in [1.54, 1.807) is 18.5 Å². The van der Waals surface area contributed by atoms with Gasteiger partial charge in [-0.2, -0.15) is 0 Å². The summed E-state index contributed by atoms with van der Waals surface area (Å²) in [7, 11) is 1.33. The van der Waals surface area contributed by atoms with Gasteiger partial charge in [0.25, 0.3) is 0 Å². The van der Waals surface area contributed by atoms with Crippen molar-refractivity contribution in [3.8, 4) is 11.3 Å². The summed E-state index contributed by atoms with van der Waals surface area (Å²) in [5, 5.41) is 10.8. The molecule has 0 bridgehead atoms. The van der Waals surface area contributed by atoms with Gasteiger partial charge in [0.2, 0.25) is 0 Å². The minimum Gasteiger partial charge on any atom is -0.468 e. The minimum absolute atomic E-state index is 0.0669. The summed E-state index contributed by atoms with van der Waals surface area (Å²) in [5.41, 5.74) is 1.62. The molecular weight excluding hydrogens is 232 g/mol. The van der Waals surface area contributed by atoms with Crippen molar-refractivity contribution in [1.29, 1.82) is 0 Å². The SMILES string of the molecule is COC(=O)CNc1ccc(-c2cccnc2)nn1. The highest BCUT2D eigenvalue weighted by atomic mass is 16.5. The van der Waals surface area contributed by atoms with Crippen molar-refractivity contribution in [2.75, 3.05) is 19.0 Å². The van der Waals surface area contributed by atoms with Gasteiger partial charge in [0.05, 0.1) is 12.8 Å². The third-order valence-corrected chi connectivity index (χ3v) is 2.26. The van der Waals surface area contributed by atoms with Gasteiger partial charge in [-0.15, -0.1) is 10.2 Å². The maximum absolute atomic E-state index is 10.9. The number of pyridine rings is 1. The molecule has 0 saturated carbocycles. The van der Waals surface area contributed by atoms with Gasteiger partial charge >= 0.3 is 5.97 Å². The predicted octanol–water partition coefficient (Wildman–Crippen LogP) is 1.12. The fraction of sp³-hybridized carbons (Fsp3) is 0.167. The summed E-state index contributed by atoms with van der Waals surface area (Å²) in [6.45, 7) is 0.0669. The maximum atomic E-state index is 10.9. The molecule has 0 aliphatic rings. The zero-order chi connectivity index (χ0) is 12.8. The van der Waals surface area contributed by atoms with Crippen molar-refractivity contribution in [2.24, 2.45) is 0 Å². The fourth-order valence-electron chi connectivity index (χ4n) is 1.33. The average molecular weight is 244 g/mol. The monoisotopic (exact) mass is 244 g/mol. The highest BCUT2D eigenvalue weighted by molar-refractivity contribution is 5.74.